The number of carboxylic acid groups (broad SMARTS) is 1. The second kappa shape index (κ2) is 6.61. The molecule has 0 bridgehead atoms. The maximum absolute atomic E-state index is 12.7. The Morgan fingerprint density at radius 2 is 1.95 bits per heavy atom. The largest absolute Gasteiger partial charge is 0.497 e. The standard InChI is InChI=1S/C16H21NO4/c1-3-14(11-4-8-13(21-2)9-5-11)16(20)17(10-15(18)19)12-6-7-12/h4-5,8-9,12,14H,3,6-7,10H2,1-2H3,(H,18,19). The van der Waals surface area contributed by atoms with Gasteiger partial charge < -0.3 is 14.7 Å². The van der Waals surface area contributed by atoms with E-state index in [4.69, 9.17) is 9.84 Å². The lowest BCUT2D eigenvalue weighted by Crippen LogP contribution is -2.40. The Kier molecular flexibility index (Phi) is 4.83. The molecule has 2 rings (SSSR count). The summed E-state index contributed by atoms with van der Waals surface area (Å²) in [6.07, 6.45) is 2.45. The first-order valence-electron chi connectivity index (χ1n) is 7.23. The van der Waals surface area contributed by atoms with E-state index in [1.54, 1.807) is 7.11 Å². The highest BCUT2D eigenvalue weighted by atomic mass is 16.5. The van der Waals surface area contributed by atoms with E-state index in [0.717, 1.165) is 24.2 Å². The highest BCUT2D eigenvalue weighted by Crippen LogP contribution is 2.31. The molecule has 1 unspecified atom stereocenters. The van der Waals surface area contributed by atoms with Gasteiger partial charge in [0.2, 0.25) is 5.91 Å². The van der Waals surface area contributed by atoms with Gasteiger partial charge in [-0.25, -0.2) is 0 Å². The molecule has 1 atom stereocenters. The summed E-state index contributed by atoms with van der Waals surface area (Å²) in [5, 5.41) is 8.99. The fourth-order valence-corrected chi connectivity index (χ4v) is 2.51. The molecular weight excluding hydrogens is 270 g/mol. The summed E-state index contributed by atoms with van der Waals surface area (Å²) in [6, 6.07) is 7.49. The van der Waals surface area contributed by atoms with Crippen molar-refractivity contribution in [1.82, 2.24) is 4.90 Å². The van der Waals surface area contributed by atoms with E-state index < -0.39 is 5.97 Å². The third-order valence-electron chi connectivity index (χ3n) is 3.80. The van der Waals surface area contributed by atoms with Gasteiger partial charge in [-0.3, -0.25) is 9.59 Å². The lowest BCUT2D eigenvalue weighted by molar-refractivity contribution is -0.145. The van der Waals surface area contributed by atoms with Crippen LogP contribution in [-0.2, 0) is 9.59 Å². The van der Waals surface area contributed by atoms with Gasteiger partial charge in [-0.15, -0.1) is 0 Å². The van der Waals surface area contributed by atoms with Gasteiger partial charge in [0, 0.05) is 6.04 Å². The van der Waals surface area contributed by atoms with Crippen molar-refractivity contribution in [3.63, 3.8) is 0 Å². The van der Waals surface area contributed by atoms with E-state index in [1.165, 1.54) is 4.90 Å². The first kappa shape index (κ1) is 15.4. The Balaban J connectivity index is 2.17. The second-order valence-corrected chi connectivity index (χ2v) is 5.33. The van der Waals surface area contributed by atoms with Crippen LogP contribution in [0.15, 0.2) is 24.3 Å². The molecule has 1 aromatic carbocycles. The van der Waals surface area contributed by atoms with Crippen LogP contribution in [0.5, 0.6) is 5.75 Å². The van der Waals surface area contributed by atoms with Gasteiger partial charge in [-0.2, -0.15) is 0 Å². The van der Waals surface area contributed by atoms with Crippen LogP contribution in [0.1, 0.15) is 37.7 Å². The maximum Gasteiger partial charge on any atom is 0.323 e. The first-order valence-corrected chi connectivity index (χ1v) is 7.23. The van der Waals surface area contributed by atoms with E-state index in [0.29, 0.717) is 6.42 Å². The van der Waals surface area contributed by atoms with Crippen LogP contribution >= 0.6 is 0 Å². The zero-order valence-electron chi connectivity index (χ0n) is 12.4. The molecule has 5 nitrogen and oxygen atoms in total. The lowest BCUT2D eigenvalue weighted by atomic mass is 9.94. The molecule has 1 N–H and O–H groups in total. The minimum absolute atomic E-state index is 0.0902. The molecule has 0 heterocycles. The minimum atomic E-state index is -0.958. The van der Waals surface area contributed by atoms with Crippen molar-refractivity contribution in [1.29, 1.82) is 0 Å². The Hall–Kier alpha value is -2.04. The molecule has 1 aliphatic rings. The fraction of sp³-hybridized carbons (Fsp3) is 0.500. The SMILES string of the molecule is CCC(C(=O)N(CC(=O)O)C1CC1)c1ccc(OC)cc1. The van der Waals surface area contributed by atoms with Crippen LogP contribution in [-0.4, -0.2) is 41.6 Å². The first-order chi connectivity index (χ1) is 10.1. The third-order valence-corrected chi connectivity index (χ3v) is 3.80. The van der Waals surface area contributed by atoms with Crippen molar-refractivity contribution < 1.29 is 19.4 Å². The minimum Gasteiger partial charge on any atom is -0.497 e. The number of amides is 1. The van der Waals surface area contributed by atoms with Gasteiger partial charge in [-0.05, 0) is 37.0 Å². The number of carbonyl (C=O) groups excluding carboxylic acids is 1. The zero-order valence-corrected chi connectivity index (χ0v) is 12.4. The van der Waals surface area contributed by atoms with E-state index in [9.17, 15) is 9.59 Å². The summed E-state index contributed by atoms with van der Waals surface area (Å²) in [5.41, 5.74) is 0.902. The van der Waals surface area contributed by atoms with E-state index in [-0.39, 0.29) is 24.4 Å². The van der Waals surface area contributed by atoms with Gasteiger partial charge >= 0.3 is 5.97 Å². The fourth-order valence-electron chi connectivity index (χ4n) is 2.51. The average Bonchev–Trinajstić information content (AvgIpc) is 3.30. The molecule has 1 amide bonds. The molecule has 21 heavy (non-hydrogen) atoms. The number of hydrogen-bond donors (Lipinski definition) is 1. The Labute approximate surface area is 124 Å². The number of rotatable bonds is 7. The van der Waals surface area contributed by atoms with E-state index in [1.807, 2.05) is 31.2 Å². The lowest BCUT2D eigenvalue weighted by Gasteiger charge is -2.25. The van der Waals surface area contributed by atoms with E-state index in [2.05, 4.69) is 0 Å². The number of methoxy groups -OCH3 is 1. The summed E-state index contributed by atoms with van der Waals surface area (Å²) in [5.74, 6) is -0.603. The predicted octanol–water partition coefficient (Wildman–Crippen LogP) is 2.26. The van der Waals surface area contributed by atoms with Gasteiger partial charge in [0.25, 0.3) is 0 Å². The summed E-state index contributed by atoms with van der Waals surface area (Å²) >= 11 is 0. The van der Waals surface area contributed by atoms with Crippen molar-refractivity contribution in [2.45, 2.75) is 38.1 Å². The topological polar surface area (TPSA) is 66.8 Å². The number of carboxylic acids is 1. The Morgan fingerprint density at radius 1 is 1.33 bits per heavy atom. The molecule has 5 heteroatoms. The molecule has 0 aromatic heterocycles. The number of benzene rings is 1. The van der Waals surface area contributed by atoms with Crippen molar-refractivity contribution in [3.05, 3.63) is 29.8 Å². The Bertz CT molecular complexity index is 508. The maximum atomic E-state index is 12.7. The number of nitrogens with zero attached hydrogens (tertiary/aromatic N) is 1. The highest BCUT2D eigenvalue weighted by molar-refractivity contribution is 5.87. The molecule has 114 valence electrons. The van der Waals surface area contributed by atoms with Crippen LogP contribution < -0.4 is 4.74 Å². The average molecular weight is 291 g/mol. The molecule has 0 aliphatic heterocycles. The van der Waals surface area contributed by atoms with E-state index >= 15 is 0 Å². The summed E-state index contributed by atoms with van der Waals surface area (Å²) in [4.78, 5) is 25.2. The monoisotopic (exact) mass is 291 g/mol. The van der Waals surface area contributed by atoms with Crippen LogP contribution in [0, 0.1) is 0 Å². The summed E-state index contributed by atoms with van der Waals surface area (Å²) < 4.78 is 5.12. The van der Waals surface area contributed by atoms with Gasteiger partial charge in [0.15, 0.2) is 0 Å². The van der Waals surface area contributed by atoms with Gasteiger partial charge in [-0.1, -0.05) is 19.1 Å². The van der Waals surface area contributed by atoms with Crippen molar-refractivity contribution in [3.8, 4) is 5.75 Å². The number of hydrogen-bond acceptors (Lipinski definition) is 3. The van der Waals surface area contributed by atoms with Crippen LogP contribution in [0.3, 0.4) is 0 Å². The normalized spacial score (nSPS) is 15.3. The van der Waals surface area contributed by atoms with Crippen molar-refractivity contribution >= 4 is 11.9 Å². The molecule has 0 spiro atoms. The molecule has 1 fully saturated rings. The molecule has 0 radical (unpaired) electrons. The van der Waals surface area contributed by atoms with Gasteiger partial charge in [0.05, 0.1) is 13.0 Å². The number of carbonyl (C=O) groups is 2. The zero-order chi connectivity index (χ0) is 15.4. The van der Waals surface area contributed by atoms with Gasteiger partial charge in [0.1, 0.15) is 12.3 Å². The molecular formula is C16H21NO4. The van der Waals surface area contributed by atoms with Crippen LogP contribution in [0.2, 0.25) is 0 Å². The Morgan fingerprint density at radius 3 is 2.38 bits per heavy atom. The molecule has 1 aromatic rings. The molecule has 0 saturated heterocycles. The summed E-state index contributed by atoms with van der Waals surface area (Å²) in [6.45, 7) is 1.73. The molecule has 1 aliphatic carbocycles. The number of ether oxygens (including phenoxy) is 1. The van der Waals surface area contributed by atoms with Crippen molar-refractivity contribution in [2.75, 3.05) is 13.7 Å². The predicted molar refractivity (Wildman–Crippen MR) is 78.4 cm³/mol. The highest BCUT2D eigenvalue weighted by Gasteiger charge is 2.36. The number of aliphatic carboxylic acids is 1. The second-order valence-electron chi connectivity index (χ2n) is 5.33. The van der Waals surface area contributed by atoms with Crippen LogP contribution in [0.4, 0.5) is 0 Å². The smallest absolute Gasteiger partial charge is 0.323 e. The molecule has 1 saturated carbocycles. The van der Waals surface area contributed by atoms with Crippen molar-refractivity contribution in [2.24, 2.45) is 0 Å². The summed E-state index contributed by atoms with van der Waals surface area (Å²) in [7, 11) is 1.60. The van der Waals surface area contributed by atoms with Crippen LogP contribution in [0.25, 0.3) is 0 Å². The quantitative estimate of drug-likeness (QED) is 0.837. The third kappa shape index (κ3) is 3.74.